The molecule has 0 radical (unpaired) electrons. The van der Waals surface area contributed by atoms with E-state index in [1.165, 1.54) is 11.9 Å². The number of hydrogen-bond donors (Lipinski definition) is 5. The van der Waals surface area contributed by atoms with Gasteiger partial charge < -0.3 is 21.5 Å². The summed E-state index contributed by atoms with van der Waals surface area (Å²) in [5, 5.41) is 15.0. The first kappa shape index (κ1) is 30.1. The van der Waals surface area contributed by atoms with E-state index in [1.807, 2.05) is 36.4 Å². The van der Waals surface area contributed by atoms with Crippen molar-refractivity contribution in [1.29, 1.82) is 0 Å². The van der Waals surface area contributed by atoms with E-state index in [0.717, 1.165) is 27.9 Å². The number of aromatic nitrogens is 1. The molecule has 6 N–H and O–H groups in total. The number of carbonyl (C=O) groups is 3. The summed E-state index contributed by atoms with van der Waals surface area (Å²) in [7, 11) is 0. The highest BCUT2D eigenvalue weighted by atomic mass is 35.5. The van der Waals surface area contributed by atoms with Crippen LogP contribution in [0, 0.1) is 0 Å². The zero-order chi connectivity index (χ0) is 28.0. The van der Waals surface area contributed by atoms with E-state index in [0.29, 0.717) is 30.2 Å². The van der Waals surface area contributed by atoms with Gasteiger partial charge in [0.25, 0.3) is 0 Å². The molecular weight excluding hydrogens is 538 g/mol. The standard InChI is InChI=1S/C28H32ClN5O4S/c29-23-9-8-21(15-30)22(14-23)16-32-26(35)17-33-28(38)25(11-10-24-3-1-2-12-31-24)34-39-18-20-6-4-19(5-7-20)13-27(36)37/h1-9,12,14,25,34H,10-11,13,15-18,30H2,(H,32,35)(H,33,38)(H,36,37). The van der Waals surface area contributed by atoms with Crippen molar-refractivity contribution in [2.75, 3.05) is 6.54 Å². The Hall–Kier alpha value is -3.44. The normalized spacial score (nSPS) is 11.5. The monoisotopic (exact) mass is 569 g/mol. The lowest BCUT2D eigenvalue weighted by molar-refractivity contribution is -0.136. The van der Waals surface area contributed by atoms with Gasteiger partial charge in [0.05, 0.1) is 19.0 Å². The van der Waals surface area contributed by atoms with Gasteiger partial charge in [-0.25, -0.2) is 0 Å². The summed E-state index contributed by atoms with van der Waals surface area (Å²) in [6.07, 6.45) is 2.75. The first-order valence-electron chi connectivity index (χ1n) is 12.4. The van der Waals surface area contributed by atoms with Gasteiger partial charge in [-0.3, -0.25) is 24.1 Å². The molecule has 1 unspecified atom stereocenters. The van der Waals surface area contributed by atoms with Crippen LogP contribution in [-0.2, 0) is 46.1 Å². The van der Waals surface area contributed by atoms with Crippen molar-refractivity contribution < 1.29 is 19.5 Å². The summed E-state index contributed by atoms with van der Waals surface area (Å²) in [4.78, 5) is 40.6. The van der Waals surface area contributed by atoms with Crippen LogP contribution in [0.4, 0.5) is 0 Å². The van der Waals surface area contributed by atoms with Crippen molar-refractivity contribution >= 4 is 41.3 Å². The molecule has 2 aromatic carbocycles. The zero-order valence-corrected chi connectivity index (χ0v) is 22.9. The average Bonchev–Trinajstić information content (AvgIpc) is 2.93. The van der Waals surface area contributed by atoms with E-state index in [9.17, 15) is 14.4 Å². The van der Waals surface area contributed by atoms with Crippen LogP contribution >= 0.6 is 23.5 Å². The maximum Gasteiger partial charge on any atom is 0.307 e. The average molecular weight is 570 g/mol. The van der Waals surface area contributed by atoms with Gasteiger partial charge in [0, 0.05) is 35.8 Å². The molecule has 2 amide bonds. The third-order valence-electron chi connectivity index (χ3n) is 5.86. The molecule has 0 fully saturated rings. The fraction of sp³-hybridized carbons (Fsp3) is 0.286. The van der Waals surface area contributed by atoms with Gasteiger partial charge in [0.2, 0.25) is 11.8 Å². The lowest BCUT2D eigenvalue weighted by atomic mass is 10.1. The van der Waals surface area contributed by atoms with Crippen LogP contribution in [0.3, 0.4) is 0 Å². The summed E-state index contributed by atoms with van der Waals surface area (Å²) in [5.74, 6) is -0.928. The second kappa shape index (κ2) is 15.8. The highest BCUT2D eigenvalue weighted by molar-refractivity contribution is 7.96. The van der Waals surface area contributed by atoms with Crippen LogP contribution in [0.25, 0.3) is 0 Å². The molecule has 0 saturated heterocycles. The predicted octanol–water partition coefficient (Wildman–Crippen LogP) is 2.99. The predicted molar refractivity (Wildman–Crippen MR) is 153 cm³/mol. The summed E-state index contributed by atoms with van der Waals surface area (Å²) >= 11 is 7.43. The van der Waals surface area contributed by atoms with Gasteiger partial charge in [-0.2, -0.15) is 0 Å². The number of aryl methyl sites for hydroxylation is 1. The number of nitrogens with one attached hydrogen (secondary N) is 3. The van der Waals surface area contributed by atoms with Gasteiger partial charge in [0.1, 0.15) is 0 Å². The van der Waals surface area contributed by atoms with Crippen LogP contribution in [0.15, 0.2) is 66.9 Å². The SMILES string of the molecule is NCc1ccc(Cl)cc1CNC(=O)CNC(=O)C(CCc1ccccn1)NSCc1ccc(CC(=O)O)cc1. The van der Waals surface area contributed by atoms with Crippen molar-refractivity contribution in [2.24, 2.45) is 5.73 Å². The molecule has 1 atom stereocenters. The molecule has 39 heavy (non-hydrogen) atoms. The number of nitrogens with zero attached hydrogens (tertiary/aromatic N) is 1. The Morgan fingerprint density at radius 1 is 1.00 bits per heavy atom. The molecule has 3 aromatic rings. The molecule has 1 heterocycles. The number of nitrogens with two attached hydrogens (primary N) is 1. The number of hydrogen-bond acceptors (Lipinski definition) is 7. The Bertz CT molecular complexity index is 1240. The van der Waals surface area contributed by atoms with Crippen LogP contribution in [-0.4, -0.2) is 40.5 Å². The summed E-state index contributed by atoms with van der Waals surface area (Å²) in [6.45, 7) is 0.409. The Morgan fingerprint density at radius 3 is 2.46 bits per heavy atom. The summed E-state index contributed by atoms with van der Waals surface area (Å²) in [6, 6.07) is 17.7. The van der Waals surface area contributed by atoms with Crippen molar-refractivity contribution in [1.82, 2.24) is 20.3 Å². The quantitative estimate of drug-likeness (QED) is 0.176. The third kappa shape index (κ3) is 10.7. The van der Waals surface area contributed by atoms with E-state index >= 15 is 0 Å². The first-order valence-corrected chi connectivity index (χ1v) is 13.8. The third-order valence-corrected chi connectivity index (χ3v) is 7.03. The molecule has 0 bridgehead atoms. The fourth-order valence-electron chi connectivity index (χ4n) is 3.74. The number of carboxylic acid groups (broad SMARTS) is 1. The highest BCUT2D eigenvalue weighted by Gasteiger charge is 2.19. The lowest BCUT2D eigenvalue weighted by Gasteiger charge is -2.18. The van der Waals surface area contributed by atoms with Gasteiger partial charge in [-0.15, -0.1) is 0 Å². The maximum absolute atomic E-state index is 13.0. The molecule has 9 nitrogen and oxygen atoms in total. The largest absolute Gasteiger partial charge is 0.481 e. The van der Waals surface area contributed by atoms with Crippen molar-refractivity contribution in [3.63, 3.8) is 0 Å². The van der Waals surface area contributed by atoms with Crippen LogP contribution < -0.4 is 21.1 Å². The second-order valence-corrected chi connectivity index (χ2v) is 10.1. The van der Waals surface area contributed by atoms with Gasteiger partial charge in [-0.05, 0) is 59.4 Å². The Labute approximate surface area is 237 Å². The van der Waals surface area contributed by atoms with Gasteiger partial charge in [0.15, 0.2) is 0 Å². The first-order chi connectivity index (χ1) is 18.8. The molecule has 0 aliphatic rings. The number of carboxylic acids is 1. The van der Waals surface area contributed by atoms with Crippen molar-refractivity contribution in [3.8, 4) is 0 Å². The minimum atomic E-state index is -0.876. The van der Waals surface area contributed by atoms with Crippen LogP contribution in [0.2, 0.25) is 5.02 Å². The minimum absolute atomic E-state index is 0.0255. The number of carbonyl (C=O) groups excluding carboxylic acids is 2. The van der Waals surface area contributed by atoms with Crippen LogP contribution in [0.5, 0.6) is 0 Å². The van der Waals surface area contributed by atoms with E-state index in [1.54, 1.807) is 30.5 Å². The molecule has 1 aromatic heterocycles. The molecule has 11 heteroatoms. The molecule has 0 aliphatic carbocycles. The van der Waals surface area contributed by atoms with Crippen molar-refractivity contribution in [2.45, 2.75) is 44.1 Å². The van der Waals surface area contributed by atoms with E-state index in [4.69, 9.17) is 22.4 Å². The van der Waals surface area contributed by atoms with E-state index < -0.39 is 12.0 Å². The molecule has 0 saturated carbocycles. The lowest BCUT2D eigenvalue weighted by Crippen LogP contribution is -2.45. The molecular formula is C28H32ClN5O4S. The Balaban J connectivity index is 1.52. The fourth-order valence-corrected chi connectivity index (χ4v) is 4.80. The van der Waals surface area contributed by atoms with Crippen LogP contribution in [0.1, 0.15) is 34.4 Å². The molecule has 0 spiro atoms. The van der Waals surface area contributed by atoms with E-state index in [-0.39, 0.29) is 31.3 Å². The smallest absolute Gasteiger partial charge is 0.307 e. The number of pyridine rings is 1. The Morgan fingerprint density at radius 2 is 1.77 bits per heavy atom. The maximum atomic E-state index is 13.0. The topological polar surface area (TPSA) is 146 Å². The van der Waals surface area contributed by atoms with Gasteiger partial charge in [-0.1, -0.05) is 59.9 Å². The second-order valence-electron chi connectivity index (χ2n) is 8.82. The zero-order valence-electron chi connectivity index (χ0n) is 21.4. The summed E-state index contributed by atoms with van der Waals surface area (Å²) in [5.41, 5.74) is 10.1. The highest BCUT2D eigenvalue weighted by Crippen LogP contribution is 2.16. The van der Waals surface area contributed by atoms with E-state index in [2.05, 4.69) is 20.3 Å². The number of aliphatic carboxylic acids is 1. The number of benzene rings is 2. The molecule has 0 aliphatic heterocycles. The molecule has 3 rings (SSSR count). The van der Waals surface area contributed by atoms with Crippen molar-refractivity contribution in [3.05, 3.63) is 99.8 Å². The Kier molecular flexibility index (Phi) is 12.2. The summed E-state index contributed by atoms with van der Waals surface area (Å²) < 4.78 is 3.21. The minimum Gasteiger partial charge on any atom is -0.481 e. The van der Waals surface area contributed by atoms with Gasteiger partial charge >= 0.3 is 5.97 Å². The number of rotatable bonds is 15. The number of amides is 2. The molecule has 206 valence electrons. The number of halogens is 1.